The first-order valence-electron chi connectivity index (χ1n) is 10.6. The van der Waals surface area contributed by atoms with Crippen LogP contribution in [0.25, 0.3) is 10.8 Å². The van der Waals surface area contributed by atoms with Crippen molar-refractivity contribution in [2.75, 3.05) is 11.9 Å². The molecule has 0 radical (unpaired) electrons. The van der Waals surface area contributed by atoms with Gasteiger partial charge in [-0.2, -0.15) is 0 Å². The van der Waals surface area contributed by atoms with Crippen molar-refractivity contribution in [2.24, 2.45) is 0 Å². The van der Waals surface area contributed by atoms with E-state index in [0.717, 1.165) is 42.1 Å². The van der Waals surface area contributed by atoms with Gasteiger partial charge in [0, 0.05) is 31.1 Å². The van der Waals surface area contributed by atoms with Gasteiger partial charge in [0.2, 0.25) is 11.8 Å². The molecule has 1 unspecified atom stereocenters. The van der Waals surface area contributed by atoms with Gasteiger partial charge in [-0.25, -0.2) is 0 Å². The predicted octanol–water partition coefficient (Wildman–Crippen LogP) is 5.77. The van der Waals surface area contributed by atoms with Gasteiger partial charge in [0.15, 0.2) is 0 Å². The van der Waals surface area contributed by atoms with Crippen LogP contribution in [0.4, 0.5) is 5.69 Å². The van der Waals surface area contributed by atoms with Crippen LogP contribution in [0.15, 0.2) is 42.5 Å². The van der Waals surface area contributed by atoms with Gasteiger partial charge < -0.3 is 10.2 Å². The molecule has 0 fully saturated rings. The summed E-state index contributed by atoms with van der Waals surface area (Å²) < 4.78 is 0. The van der Waals surface area contributed by atoms with E-state index in [-0.39, 0.29) is 17.9 Å². The zero-order chi connectivity index (χ0) is 20.4. The molecule has 2 aromatic rings. The Morgan fingerprint density at radius 3 is 2.43 bits per heavy atom. The number of carbonyl (C=O) groups is 2. The monoisotopic (exact) mass is 382 g/mol. The molecule has 0 aliphatic rings. The van der Waals surface area contributed by atoms with Crippen LogP contribution in [0.5, 0.6) is 0 Å². The van der Waals surface area contributed by atoms with E-state index in [9.17, 15) is 9.59 Å². The molecule has 0 heterocycles. The van der Waals surface area contributed by atoms with Crippen LogP contribution in [0, 0.1) is 0 Å². The van der Waals surface area contributed by atoms with E-state index in [4.69, 9.17) is 0 Å². The Hall–Kier alpha value is -2.36. The lowest BCUT2D eigenvalue weighted by atomic mass is 10.1. The summed E-state index contributed by atoms with van der Waals surface area (Å²) in [6.45, 7) is 6.78. The van der Waals surface area contributed by atoms with Crippen molar-refractivity contribution in [2.45, 2.75) is 71.8 Å². The molecule has 1 atom stereocenters. The lowest BCUT2D eigenvalue weighted by Gasteiger charge is -2.28. The summed E-state index contributed by atoms with van der Waals surface area (Å²) in [5, 5.41) is 5.22. The number of nitrogens with zero attached hydrogens (tertiary/aromatic N) is 1. The number of rotatable bonds is 11. The first-order chi connectivity index (χ1) is 13.5. The molecule has 4 nitrogen and oxygen atoms in total. The highest BCUT2D eigenvalue weighted by molar-refractivity contribution is 5.94. The topological polar surface area (TPSA) is 49.4 Å². The number of unbranched alkanes of at least 4 members (excludes halogenated alkanes) is 3. The highest BCUT2D eigenvalue weighted by atomic mass is 16.2. The van der Waals surface area contributed by atoms with E-state index in [1.54, 1.807) is 0 Å². The summed E-state index contributed by atoms with van der Waals surface area (Å²) in [5.41, 5.74) is 0.796. The molecule has 0 aliphatic heterocycles. The second-order valence-corrected chi connectivity index (χ2v) is 7.52. The molecular weight excluding hydrogens is 348 g/mol. The van der Waals surface area contributed by atoms with Crippen molar-refractivity contribution in [3.63, 3.8) is 0 Å². The van der Waals surface area contributed by atoms with Gasteiger partial charge in [0.1, 0.15) is 0 Å². The largest absolute Gasteiger partial charge is 0.339 e. The third-order valence-corrected chi connectivity index (χ3v) is 5.30. The van der Waals surface area contributed by atoms with Gasteiger partial charge >= 0.3 is 0 Å². The molecule has 2 amide bonds. The highest BCUT2D eigenvalue weighted by Crippen LogP contribution is 2.19. The lowest BCUT2D eigenvalue weighted by Crippen LogP contribution is -2.40. The minimum absolute atomic E-state index is 0.0534. The quantitative estimate of drug-likeness (QED) is 0.502. The van der Waals surface area contributed by atoms with Crippen LogP contribution < -0.4 is 5.32 Å². The smallest absolute Gasteiger partial charge is 0.226 e. The van der Waals surface area contributed by atoms with Crippen LogP contribution in [0.3, 0.4) is 0 Å². The summed E-state index contributed by atoms with van der Waals surface area (Å²) in [7, 11) is 0. The molecule has 2 aromatic carbocycles. The number of hydrogen-bond acceptors (Lipinski definition) is 2. The standard InChI is InChI=1S/C24H34N2O2/c1-4-6-7-8-13-24(28)26(19(3)5-2)17-16-23(27)25-22-15-14-20-11-9-10-12-21(20)18-22/h9-12,14-15,18-19H,4-8,13,16-17H2,1-3H3,(H,25,27). The third kappa shape index (κ3) is 6.66. The molecule has 28 heavy (non-hydrogen) atoms. The predicted molar refractivity (Wildman–Crippen MR) is 117 cm³/mol. The zero-order valence-electron chi connectivity index (χ0n) is 17.5. The van der Waals surface area contributed by atoms with Crippen LogP contribution >= 0.6 is 0 Å². The second-order valence-electron chi connectivity index (χ2n) is 7.52. The Labute approximate surface area is 169 Å². The van der Waals surface area contributed by atoms with Gasteiger partial charge in [-0.3, -0.25) is 9.59 Å². The van der Waals surface area contributed by atoms with E-state index in [1.165, 1.54) is 6.42 Å². The van der Waals surface area contributed by atoms with Crippen LogP contribution in [0.2, 0.25) is 0 Å². The average molecular weight is 383 g/mol. The average Bonchev–Trinajstić information content (AvgIpc) is 2.71. The van der Waals surface area contributed by atoms with Crippen molar-refractivity contribution < 1.29 is 9.59 Å². The van der Waals surface area contributed by atoms with Crippen LogP contribution in [-0.4, -0.2) is 29.3 Å². The van der Waals surface area contributed by atoms with Gasteiger partial charge in [-0.15, -0.1) is 0 Å². The molecule has 0 saturated carbocycles. The van der Waals surface area contributed by atoms with E-state index < -0.39 is 0 Å². The molecule has 2 rings (SSSR count). The second kappa shape index (κ2) is 11.5. The number of amides is 2. The fraction of sp³-hybridized carbons (Fsp3) is 0.500. The minimum Gasteiger partial charge on any atom is -0.339 e. The highest BCUT2D eigenvalue weighted by Gasteiger charge is 2.19. The molecular formula is C24H34N2O2. The normalized spacial score (nSPS) is 12.0. The fourth-order valence-corrected chi connectivity index (χ4v) is 3.37. The maximum absolute atomic E-state index is 12.6. The number of carbonyl (C=O) groups excluding carboxylic acids is 2. The molecule has 0 spiro atoms. The van der Waals surface area contributed by atoms with E-state index in [1.807, 2.05) is 41.3 Å². The van der Waals surface area contributed by atoms with Crippen molar-refractivity contribution in [3.8, 4) is 0 Å². The summed E-state index contributed by atoms with van der Waals surface area (Å²) in [4.78, 5) is 26.9. The maximum Gasteiger partial charge on any atom is 0.226 e. The van der Waals surface area contributed by atoms with Crippen molar-refractivity contribution in [1.29, 1.82) is 0 Å². The summed E-state index contributed by atoms with van der Waals surface area (Å²) in [6.07, 6.45) is 6.16. The molecule has 152 valence electrons. The number of hydrogen-bond donors (Lipinski definition) is 1. The fourth-order valence-electron chi connectivity index (χ4n) is 3.37. The number of fused-ring (bicyclic) bond motifs is 1. The van der Waals surface area contributed by atoms with Gasteiger partial charge in [0.25, 0.3) is 0 Å². The summed E-state index contributed by atoms with van der Waals surface area (Å²) in [5.74, 6) is 0.117. The number of nitrogens with one attached hydrogen (secondary N) is 1. The van der Waals surface area contributed by atoms with Crippen molar-refractivity contribution in [3.05, 3.63) is 42.5 Å². The molecule has 1 N–H and O–H groups in total. The Balaban J connectivity index is 1.89. The molecule has 0 saturated heterocycles. The summed E-state index contributed by atoms with van der Waals surface area (Å²) in [6, 6.07) is 14.2. The Bertz CT molecular complexity index is 772. The Morgan fingerprint density at radius 1 is 0.964 bits per heavy atom. The molecule has 0 aromatic heterocycles. The molecule has 4 heteroatoms. The number of benzene rings is 2. The molecule has 0 bridgehead atoms. The number of anilines is 1. The molecule has 0 aliphatic carbocycles. The van der Waals surface area contributed by atoms with E-state index in [0.29, 0.717) is 19.4 Å². The minimum atomic E-state index is -0.0534. The van der Waals surface area contributed by atoms with Gasteiger partial charge in [-0.1, -0.05) is 63.4 Å². The Kier molecular flexibility index (Phi) is 8.99. The SMILES string of the molecule is CCCCCCC(=O)N(CCC(=O)Nc1ccc2ccccc2c1)C(C)CC. The van der Waals surface area contributed by atoms with Gasteiger partial charge in [0.05, 0.1) is 0 Å². The Morgan fingerprint density at radius 2 is 1.71 bits per heavy atom. The summed E-state index contributed by atoms with van der Waals surface area (Å²) >= 11 is 0. The third-order valence-electron chi connectivity index (χ3n) is 5.30. The first kappa shape index (κ1) is 21.9. The van der Waals surface area contributed by atoms with E-state index in [2.05, 4.69) is 32.2 Å². The van der Waals surface area contributed by atoms with Gasteiger partial charge in [-0.05, 0) is 42.7 Å². The zero-order valence-corrected chi connectivity index (χ0v) is 17.5. The van der Waals surface area contributed by atoms with Crippen molar-refractivity contribution >= 4 is 28.3 Å². The maximum atomic E-state index is 12.6. The van der Waals surface area contributed by atoms with E-state index >= 15 is 0 Å². The van der Waals surface area contributed by atoms with Crippen LogP contribution in [0.1, 0.15) is 65.7 Å². The van der Waals surface area contributed by atoms with Crippen LogP contribution in [-0.2, 0) is 9.59 Å². The van der Waals surface area contributed by atoms with Crippen molar-refractivity contribution in [1.82, 2.24) is 4.90 Å². The first-order valence-corrected chi connectivity index (χ1v) is 10.6. The lowest BCUT2D eigenvalue weighted by molar-refractivity contribution is -0.133.